The first-order valence-corrected chi connectivity index (χ1v) is 8.90. The van der Waals surface area contributed by atoms with Gasteiger partial charge in [-0.05, 0) is 36.8 Å². The van der Waals surface area contributed by atoms with Crippen molar-refractivity contribution in [3.63, 3.8) is 0 Å². The van der Waals surface area contributed by atoms with Crippen LogP contribution < -0.4 is 11.1 Å². The molecule has 25 heavy (non-hydrogen) atoms. The molecule has 1 fully saturated rings. The van der Waals surface area contributed by atoms with Crippen molar-refractivity contribution in [3.8, 4) is 0 Å². The largest absolute Gasteiger partial charge is 0.352 e. The molecule has 1 aromatic carbocycles. The van der Waals surface area contributed by atoms with E-state index in [1.54, 1.807) is 12.1 Å². The van der Waals surface area contributed by atoms with Gasteiger partial charge in [0.15, 0.2) is 0 Å². The third-order valence-electron chi connectivity index (χ3n) is 4.96. The average molecular weight is 368 g/mol. The molecule has 1 aliphatic heterocycles. The Morgan fingerprint density at radius 3 is 2.64 bits per heavy atom. The van der Waals surface area contributed by atoms with Gasteiger partial charge in [-0.25, -0.2) is 0 Å². The highest BCUT2D eigenvalue weighted by molar-refractivity contribution is 5.94. The van der Waals surface area contributed by atoms with Crippen LogP contribution in [0.2, 0.25) is 0 Å². The van der Waals surface area contributed by atoms with Crippen molar-refractivity contribution >= 4 is 24.2 Å². The van der Waals surface area contributed by atoms with Gasteiger partial charge in [-0.15, -0.1) is 12.4 Å². The molecule has 1 aromatic rings. The summed E-state index contributed by atoms with van der Waals surface area (Å²) in [6.07, 6.45) is 2.89. The van der Waals surface area contributed by atoms with Crippen molar-refractivity contribution in [2.24, 2.45) is 17.6 Å². The molecule has 0 spiro atoms. The van der Waals surface area contributed by atoms with Gasteiger partial charge in [0.1, 0.15) is 0 Å². The number of carbonyl (C=O) groups excluding carboxylic acids is 2. The summed E-state index contributed by atoms with van der Waals surface area (Å²) in [6, 6.07) is 8.78. The fraction of sp³-hybridized carbons (Fsp3) is 0.579. The number of hydrogen-bond donors (Lipinski definition) is 2. The fourth-order valence-electron chi connectivity index (χ4n) is 3.07. The molecule has 1 aliphatic rings. The van der Waals surface area contributed by atoms with Crippen LogP contribution in [0, 0.1) is 11.8 Å². The lowest BCUT2D eigenvalue weighted by Gasteiger charge is -2.35. The smallest absolute Gasteiger partial charge is 0.251 e. The topological polar surface area (TPSA) is 75.4 Å². The summed E-state index contributed by atoms with van der Waals surface area (Å²) < 4.78 is 0. The van der Waals surface area contributed by atoms with Gasteiger partial charge >= 0.3 is 0 Å². The van der Waals surface area contributed by atoms with E-state index in [0.717, 1.165) is 25.8 Å². The van der Waals surface area contributed by atoms with Gasteiger partial charge in [0.05, 0.1) is 6.04 Å². The Bertz CT molecular complexity index is 553. The zero-order chi connectivity index (χ0) is 17.5. The molecule has 140 valence electrons. The molecule has 1 heterocycles. The highest BCUT2D eigenvalue weighted by Crippen LogP contribution is 2.18. The number of likely N-dealkylation sites (tertiary alicyclic amines) is 1. The second-order valence-electron chi connectivity index (χ2n) is 6.78. The third kappa shape index (κ3) is 6.01. The fourth-order valence-corrected chi connectivity index (χ4v) is 3.07. The predicted molar refractivity (Wildman–Crippen MR) is 103 cm³/mol. The molecule has 0 bridgehead atoms. The number of halogens is 1. The maximum atomic E-state index is 12.5. The highest BCUT2D eigenvalue weighted by atomic mass is 35.5. The molecular formula is C19H30ClN3O2. The zero-order valence-corrected chi connectivity index (χ0v) is 15.9. The third-order valence-corrected chi connectivity index (χ3v) is 4.96. The van der Waals surface area contributed by atoms with Crippen molar-refractivity contribution in [1.82, 2.24) is 10.2 Å². The van der Waals surface area contributed by atoms with Crippen molar-refractivity contribution in [2.75, 3.05) is 19.6 Å². The summed E-state index contributed by atoms with van der Waals surface area (Å²) in [5.41, 5.74) is 6.75. The van der Waals surface area contributed by atoms with Crippen LogP contribution in [0.1, 0.15) is 43.5 Å². The van der Waals surface area contributed by atoms with E-state index in [9.17, 15) is 9.59 Å². The predicted octanol–water partition coefficient (Wildman–Crippen LogP) is 2.45. The molecule has 1 saturated heterocycles. The van der Waals surface area contributed by atoms with Crippen molar-refractivity contribution < 1.29 is 9.59 Å². The van der Waals surface area contributed by atoms with Crippen LogP contribution in [0.15, 0.2) is 30.3 Å². The first kappa shape index (κ1) is 21.5. The molecule has 6 heteroatoms. The van der Waals surface area contributed by atoms with Crippen LogP contribution in [0.4, 0.5) is 0 Å². The minimum atomic E-state index is -0.423. The van der Waals surface area contributed by atoms with E-state index < -0.39 is 6.04 Å². The van der Waals surface area contributed by atoms with E-state index in [2.05, 4.69) is 12.2 Å². The average Bonchev–Trinajstić information content (AvgIpc) is 2.65. The van der Waals surface area contributed by atoms with Gasteiger partial charge in [0.25, 0.3) is 5.91 Å². The summed E-state index contributed by atoms with van der Waals surface area (Å²) in [5.74, 6) is 0.467. The number of nitrogens with one attached hydrogen (secondary N) is 1. The number of nitrogens with zero attached hydrogens (tertiary/aromatic N) is 1. The molecular weight excluding hydrogens is 338 g/mol. The molecule has 3 unspecified atom stereocenters. The van der Waals surface area contributed by atoms with Gasteiger partial charge in [0, 0.05) is 25.2 Å². The zero-order valence-electron chi connectivity index (χ0n) is 15.1. The Balaban J connectivity index is 0.00000312. The van der Waals surface area contributed by atoms with E-state index in [4.69, 9.17) is 5.73 Å². The van der Waals surface area contributed by atoms with E-state index >= 15 is 0 Å². The Morgan fingerprint density at radius 1 is 1.32 bits per heavy atom. The van der Waals surface area contributed by atoms with Crippen molar-refractivity contribution in [1.29, 1.82) is 0 Å². The molecule has 0 aliphatic carbocycles. The van der Waals surface area contributed by atoms with Crippen LogP contribution in [0.25, 0.3) is 0 Å². The molecule has 0 radical (unpaired) electrons. The number of hydrogen-bond acceptors (Lipinski definition) is 3. The summed E-state index contributed by atoms with van der Waals surface area (Å²) in [7, 11) is 0. The lowest BCUT2D eigenvalue weighted by molar-refractivity contribution is -0.135. The number of rotatable bonds is 6. The lowest BCUT2D eigenvalue weighted by atomic mass is 9.94. The minimum Gasteiger partial charge on any atom is -0.352 e. The first-order chi connectivity index (χ1) is 11.5. The second-order valence-corrected chi connectivity index (χ2v) is 6.78. The van der Waals surface area contributed by atoms with Gasteiger partial charge < -0.3 is 16.0 Å². The van der Waals surface area contributed by atoms with Crippen LogP contribution in [-0.2, 0) is 4.79 Å². The van der Waals surface area contributed by atoms with E-state index in [1.165, 1.54) is 0 Å². The van der Waals surface area contributed by atoms with Crippen LogP contribution in [-0.4, -0.2) is 42.4 Å². The van der Waals surface area contributed by atoms with E-state index in [-0.39, 0.29) is 30.1 Å². The Hall–Kier alpha value is -1.59. The van der Waals surface area contributed by atoms with Crippen LogP contribution in [0.3, 0.4) is 0 Å². The number of benzene rings is 1. The lowest BCUT2D eigenvalue weighted by Crippen LogP contribution is -2.51. The van der Waals surface area contributed by atoms with Crippen molar-refractivity contribution in [2.45, 2.75) is 39.2 Å². The summed E-state index contributed by atoms with van der Waals surface area (Å²) in [6.45, 7) is 6.11. The molecule has 0 aromatic heterocycles. The normalized spacial score (nSPS) is 19.5. The number of nitrogens with two attached hydrogens (primary N) is 1. The quantitative estimate of drug-likeness (QED) is 0.810. The molecule has 3 atom stereocenters. The number of carbonyl (C=O) groups is 2. The van der Waals surface area contributed by atoms with E-state index in [0.29, 0.717) is 24.6 Å². The summed E-state index contributed by atoms with van der Waals surface area (Å²) in [5, 5.41) is 2.98. The minimum absolute atomic E-state index is 0. The van der Waals surface area contributed by atoms with Gasteiger partial charge in [-0.2, -0.15) is 0 Å². The molecule has 0 saturated carbocycles. The van der Waals surface area contributed by atoms with Crippen LogP contribution >= 0.6 is 12.4 Å². The molecule has 5 nitrogen and oxygen atoms in total. The van der Waals surface area contributed by atoms with E-state index in [1.807, 2.05) is 30.0 Å². The summed E-state index contributed by atoms with van der Waals surface area (Å²) >= 11 is 0. The molecule has 2 amide bonds. The van der Waals surface area contributed by atoms with Gasteiger partial charge in [0.2, 0.25) is 5.91 Å². The second kappa shape index (κ2) is 10.4. The van der Waals surface area contributed by atoms with Gasteiger partial charge in [-0.1, -0.05) is 38.5 Å². The van der Waals surface area contributed by atoms with Crippen LogP contribution in [0.5, 0.6) is 0 Å². The van der Waals surface area contributed by atoms with Crippen molar-refractivity contribution in [3.05, 3.63) is 35.9 Å². The van der Waals surface area contributed by atoms with Gasteiger partial charge in [-0.3, -0.25) is 9.59 Å². The first-order valence-electron chi connectivity index (χ1n) is 8.90. The Labute approximate surface area is 156 Å². The SMILES string of the molecule is CCC(C)C(N)C(=O)N1CCCC(CNC(=O)c2ccccc2)C1.Cl. The maximum absolute atomic E-state index is 12.5. The number of amides is 2. The summed E-state index contributed by atoms with van der Waals surface area (Å²) in [4.78, 5) is 26.5. The monoisotopic (exact) mass is 367 g/mol. The molecule has 3 N–H and O–H groups in total. The standard InChI is InChI=1S/C19H29N3O2.ClH/c1-3-14(2)17(20)19(24)22-11-7-8-15(13-22)12-21-18(23)16-9-5-4-6-10-16;/h4-6,9-10,14-15,17H,3,7-8,11-13,20H2,1-2H3,(H,21,23);1H. The highest BCUT2D eigenvalue weighted by Gasteiger charge is 2.29. The maximum Gasteiger partial charge on any atom is 0.251 e. The Kier molecular flexibility index (Phi) is 8.93. The Morgan fingerprint density at radius 2 is 2.00 bits per heavy atom. The molecule has 2 rings (SSSR count). The number of piperidine rings is 1.